The number of hydrogen-bond donors (Lipinski definition) is 1. The molecule has 1 saturated heterocycles. The average molecular weight is 343 g/mol. The van der Waals surface area contributed by atoms with Gasteiger partial charge in [-0.15, -0.1) is 0 Å². The molecule has 8 heteroatoms. The standard InChI is InChI=1S/C15H18FNO5S/c1-10(23(21,22)12-6-4-11(16)5-7-12)9-14(18)17-8-2-3-13(17)15(19)20/h4-7,10,13H,2-3,8-9H2,1H3,(H,19,20). The average Bonchev–Trinajstić information content (AvgIpc) is 2.97. The highest BCUT2D eigenvalue weighted by Crippen LogP contribution is 2.23. The summed E-state index contributed by atoms with van der Waals surface area (Å²) in [4.78, 5) is 24.5. The van der Waals surface area contributed by atoms with Gasteiger partial charge in [-0.05, 0) is 44.0 Å². The third-order valence-corrected chi connectivity index (χ3v) is 6.15. The van der Waals surface area contributed by atoms with E-state index in [0.717, 1.165) is 24.3 Å². The molecule has 1 aliphatic heterocycles. The number of benzene rings is 1. The molecule has 1 N–H and O–H groups in total. The number of nitrogens with zero attached hydrogens (tertiary/aromatic N) is 1. The molecule has 0 aromatic heterocycles. The minimum absolute atomic E-state index is 0.0598. The predicted octanol–water partition coefficient (Wildman–Crippen LogP) is 1.45. The molecule has 23 heavy (non-hydrogen) atoms. The zero-order valence-electron chi connectivity index (χ0n) is 12.6. The van der Waals surface area contributed by atoms with Crippen molar-refractivity contribution in [2.75, 3.05) is 6.54 Å². The van der Waals surface area contributed by atoms with E-state index in [1.807, 2.05) is 0 Å². The third-order valence-electron chi connectivity index (χ3n) is 3.99. The molecule has 2 unspecified atom stereocenters. The first kappa shape index (κ1) is 17.4. The van der Waals surface area contributed by atoms with E-state index in [-0.39, 0.29) is 11.3 Å². The summed E-state index contributed by atoms with van der Waals surface area (Å²) in [6, 6.07) is 3.51. The summed E-state index contributed by atoms with van der Waals surface area (Å²) in [6.07, 6.45) is 0.658. The van der Waals surface area contributed by atoms with Gasteiger partial charge >= 0.3 is 5.97 Å². The lowest BCUT2D eigenvalue weighted by Crippen LogP contribution is -2.42. The number of carbonyl (C=O) groups excluding carboxylic acids is 1. The lowest BCUT2D eigenvalue weighted by molar-refractivity contribution is -0.148. The normalized spacial score (nSPS) is 19.6. The number of rotatable bonds is 5. The monoisotopic (exact) mass is 343 g/mol. The number of carboxylic acids is 1. The molecule has 1 heterocycles. The van der Waals surface area contributed by atoms with Crippen LogP contribution in [0, 0.1) is 5.82 Å². The Hall–Kier alpha value is -1.96. The largest absolute Gasteiger partial charge is 0.480 e. The Bertz CT molecular complexity index is 701. The van der Waals surface area contributed by atoms with Crippen molar-refractivity contribution in [1.82, 2.24) is 4.90 Å². The minimum atomic E-state index is -3.78. The Balaban J connectivity index is 2.11. The van der Waals surface area contributed by atoms with Crippen molar-refractivity contribution in [1.29, 1.82) is 0 Å². The first-order valence-electron chi connectivity index (χ1n) is 7.25. The Kier molecular flexibility index (Phi) is 5.03. The lowest BCUT2D eigenvalue weighted by Gasteiger charge is -2.23. The van der Waals surface area contributed by atoms with Crippen LogP contribution in [0.25, 0.3) is 0 Å². The van der Waals surface area contributed by atoms with Crippen molar-refractivity contribution < 1.29 is 27.5 Å². The Morgan fingerprint density at radius 3 is 2.52 bits per heavy atom. The van der Waals surface area contributed by atoms with Gasteiger partial charge in [-0.1, -0.05) is 0 Å². The number of likely N-dealkylation sites (tertiary alicyclic amines) is 1. The van der Waals surface area contributed by atoms with Crippen molar-refractivity contribution in [3.63, 3.8) is 0 Å². The van der Waals surface area contributed by atoms with Crippen LogP contribution < -0.4 is 0 Å². The van der Waals surface area contributed by atoms with Gasteiger partial charge in [0, 0.05) is 13.0 Å². The van der Waals surface area contributed by atoms with Gasteiger partial charge in [0.1, 0.15) is 11.9 Å². The summed E-state index contributed by atoms with van der Waals surface area (Å²) in [5, 5.41) is 8.06. The fourth-order valence-electron chi connectivity index (χ4n) is 2.65. The van der Waals surface area contributed by atoms with E-state index >= 15 is 0 Å². The van der Waals surface area contributed by atoms with Gasteiger partial charge in [0.25, 0.3) is 0 Å². The molecule has 2 atom stereocenters. The Morgan fingerprint density at radius 1 is 1.35 bits per heavy atom. The SMILES string of the molecule is CC(CC(=O)N1CCCC1C(=O)O)S(=O)(=O)c1ccc(F)cc1. The van der Waals surface area contributed by atoms with Crippen LogP contribution in [0.5, 0.6) is 0 Å². The van der Waals surface area contributed by atoms with E-state index in [9.17, 15) is 22.4 Å². The second-order valence-corrected chi connectivity index (χ2v) is 7.96. The van der Waals surface area contributed by atoms with Crippen LogP contribution in [0.3, 0.4) is 0 Å². The number of halogens is 1. The van der Waals surface area contributed by atoms with E-state index in [2.05, 4.69) is 0 Å². The molecule has 1 amide bonds. The summed E-state index contributed by atoms with van der Waals surface area (Å²) in [5.74, 6) is -2.12. The van der Waals surface area contributed by atoms with Crippen LogP contribution in [-0.4, -0.2) is 48.1 Å². The highest BCUT2D eigenvalue weighted by Gasteiger charge is 2.36. The van der Waals surface area contributed by atoms with E-state index < -0.39 is 38.8 Å². The molecule has 0 bridgehead atoms. The summed E-state index contributed by atoms with van der Waals surface area (Å²) >= 11 is 0. The van der Waals surface area contributed by atoms with Gasteiger partial charge in [-0.2, -0.15) is 0 Å². The maximum Gasteiger partial charge on any atom is 0.326 e. The van der Waals surface area contributed by atoms with Gasteiger partial charge in [0.05, 0.1) is 10.1 Å². The molecule has 0 aliphatic carbocycles. The second kappa shape index (κ2) is 6.66. The van der Waals surface area contributed by atoms with Crippen LogP contribution in [0.15, 0.2) is 29.2 Å². The summed E-state index contributed by atoms with van der Waals surface area (Å²) in [5.41, 5.74) is 0. The second-order valence-electron chi connectivity index (χ2n) is 5.60. The topological polar surface area (TPSA) is 91.8 Å². The molecule has 1 fully saturated rings. The number of aliphatic carboxylic acids is 1. The molecule has 1 aliphatic rings. The Morgan fingerprint density at radius 2 is 1.96 bits per heavy atom. The molecule has 126 valence electrons. The highest BCUT2D eigenvalue weighted by molar-refractivity contribution is 7.92. The van der Waals surface area contributed by atoms with Crippen LogP contribution in [-0.2, 0) is 19.4 Å². The molecule has 2 rings (SSSR count). The van der Waals surface area contributed by atoms with Gasteiger partial charge in [0.2, 0.25) is 5.91 Å². The third kappa shape index (κ3) is 3.69. The van der Waals surface area contributed by atoms with Crippen molar-refractivity contribution in [2.45, 2.75) is 42.4 Å². The summed E-state index contributed by atoms with van der Waals surface area (Å²) in [7, 11) is -3.78. The number of amides is 1. The van der Waals surface area contributed by atoms with Crippen molar-refractivity contribution in [3.8, 4) is 0 Å². The highest BCUT2D eigenvalue weighted by atomic mass is 32.2. The maximum absolute atomic E-state index is 12.9. The van der Waals surface area contributed by atoms with Crippen LogP contribution in [0.4, 0.5) is 4.39 Å². The van der Waals surface area contributed by atoms with Crippen LogP contribution in [0.1, 0.15) is 26.2 Å². The number of hydrogen-bond acceptors (Lipinski definition) is 4. The molecule has 1 aromatic carbocycles. The van der Waals surface area contributed by atoms with E-state index in [4.69, 9.17) is 5.11 Å². The Labute approximate surface area is 133 Å². The molecule has 0 spiro atoms. The van der Waals surface area contributed by atoms with E-state index in [1.54, 1.807) is 0 Å². The molecular formula is C15H18FNO5S. The zero-order valence-corrected chi connectivity index (χ0v) is 13.4. The first-order chi connectivity index (χ1) is 10.7. The van der Waals surface area contributed by atoms with Gasteiger partial charge < -0.3 is 10.0 Å². The molecule has 0 saturated carbocycles. The molecule has 6 nitrogen and oxygen atoms in total. The fourth-order valence-corrected chi connectivity index (χ4v) is 3.99. The van der Waals surface area contributed by atoms with Crippen molar-refractivity contribution in [3.05, 3.63) is 30.1 Å². The van der Waals surface area contributed by atoms with Crippen LogP contribution in [0.2, 0.25) is 0 Å². The molecule has 0 radical (unpaired) electrons. The molecular weight excluding hydrogens is 325 g/mol. The smallest absolute Gasteiger partial charge is 0.326 e. The number of carboxylic acid groups (broad SMARTS) is 1. The van der Waals surface area contributed by atoms with Gasteiger partial charge in [-0.25, -0.2) is 17.6 Å². The summed E-state index contributed by atoms with van der Waals surface area (Å²) < 4.78 is 37.7. The van der Waals surface area contributed by atoms with E-state index in [1.165, 1.54) is 11.8 Å². The summed E-state index contributed by atoms with van der Waals surface area (Å²) in [6.45, 7) is 1.71. The zero-order chi connectivity index (χ0) is 17.2. The lowest BCUT2D eigenvalue weighted by atomic mass is 10.2. The van der Waals surface area contributed by atoms with Crippen molar-refractivity contribution >= 4 is 21.7 Å². The minimum Gasteiger partial charge on any atom is -0.480 e. The van der Waals surface area contributed by atoms with Gasteiger partial charge in [0.15, 0.2) is 9.84 Å². The van der Waals surface area contributed by atoms with Crippen LogP contribution >= 0.6 is 0 Å². The number of carbonyl (C=O) groups is 2. The predicted molar refractivity (Wildman–Crippen MR) is 80.0 cm³/mol. The molecule has 1 aromatic rings. The van der Waals surface area contributed by atoms with Gasteiger partial charge in [-0.3, -0.25) is 4.79 Å². The maximum atomic E-state index is 12.9. The van der Waals surface area contributed by atoms with E-state index in [0.29, 0.717) is 19.4 Å². The number of sulfone groups is 1. The first-order valence-corrected chi connectivity index (χ1v) is 8.80. The quantitative estimate of drug-likeness (QED) is 0.817. The fraction of sp³-hybridized carbons (Fsp3) is 0.467. The van der Waals surface area contributed by atoms with Crippen molar-refractivity contribution in [2.24, 2.45) is 0 Å².